The summed E-state index contributed by atoms with van der Waals surface area (Å²) in [6, 6.07) is 5.97. The largest absolute Gasteiger partial charge is 0.445 e. The molecule has 2 atom stereocenters. The van der Waals surface area contributed by atoms with Crippen molar-refractivity contribution in [3.8, 4) is 0 Å². The number of amides is 2. The average Bonchev–Trinajstić information content (AvgIpc) is 2.63. The fraction of sp³-hybridized carbons (Fsp3) is 0.600. The third-order valence-electron chi connectivity index (χ3n) is 4.07. The van der Waals surface area contributed by atoms with Crippen molar-refractivity contribution in [3.63, 3.8) is 0 Å². The number of ether oxygens (including phenoxy) is 1. The van der Waals surface area contributed by atoms with Gasteiger partial charge in [-0.15, -0.1) is 0 Å². The number of aliphatic hydroxyl groups excluding tert-OH is 1. The molecule has 6 nitrogen and oxygen atoms in total. The normalized spacial score (nSPS) is 13.1. The number of nitrogens with one attached hydrogen (secondary N) is 2. The van der Waals surface area contributed by atoms with Crippen molar-refractivity contribution in [2.75, 3.05) is 6.61 Å². The summed E-state index contributed by atoms with van der Waals surface area (Å²) in [6.45, 7) is 5.97. The van der Waals surface area contributed by atoms with Crippen LogP contribution in [0.15, 0.2) is 24.3 Å². The first-order valence-corrected chi connectivity index (χ1v) is 9.82. The van der Waals surface area contributed by atoms with Gasteiger partial charge in [0.2, 0.25) is 5.91 Å². The van der Waals surface area contributed by atoms with Crippen LogP contribution in [0, 0.1) is 5.92 Å². The van der Waals surface area contributed by atoms with Crippen LogP contribution in [0.25, 0.3) is 0 Å². The van der Waals surface area contributed by atoms with Gasteiger partial charge in [0.25, 0.3) is 0 Å². The van der Waals surface area contributed by atoms with Crippen LogP contribution in [-0.4, -0.2) is 35.8 Å². The van der Waals surface area contributed by atoms with E-state index in [-0.39, 0.29) is 31.1 Å². The first-order chi connectivity index (χ1) is 12.8. The van der Waals surface area contributed by atoms with E-state index in [0.717, 1.165) is 18.4 Å². The van der Waals surface area contributed by atoms with Crippen LogP contribution in [0.4, 0.5) is 4.79 Å². The highest BCUT2D eigenvalue weighted by Gasteiger charge is 2.24. The third-order valence-corrected chi connectivity index (χ3v) is 4.32. The van der Waals surface area contributed by atoms with Gasteiger partial charge in [-0.3, -0.25) is 4.79 Å². The van der Waals surface area contributed by atoms with Crippen LogP contribution in [-0.2, 0) is 16.1 Å². The van der Waals surface area contributed by atoms with Crippen molar-refractivity contribution in [2.24, 2.45) is 5.92 Å². The molecule has 1 aromatic rings. The first kappa shape index (κ1) is 23.2. The topological polar surface area (TPSA) is 87.7 Å². The van der Waals surface area contributed by atoms with Gasteiger partial charge in [-0.25, -0.2) is 4.79 Å². The van der Waals surface area contributed by atoms with Crippen molar-refractivity contribution < 1.29 is 19.4 Å². The first-order valence-electron chi connectivity index (χ1n) is 9.44. The summed E-state index contributed by atoms with van der Waals surface area (Å²) in [5.41, 5.74) is 0.805. The van der Waals surface area contributed by atoms with E-state index in [0.29, 0.717) is 17.9 Å². The number of halogens is 1. The molecule has 1 aromatic carbocycles. The lowest BCUT2D eigenvalue weighted by atomic mass is 10.0. The summed E-state index contributed by atoms with van der Waals surface area (Å²) in [6.07, 6.45) is 2.43. The molecule has 0 unspecified atom stereocenters. The Morgan fingerprint density at radius 1 is 1.19 bits per heavy atom. The number of aliphatic hydroxyl groups is 1. The van der Waals surface area contributed by atoms with Gasteiger partial charge in [-0.05, 0) is 36.5 Å². The van der Waals surface area contributed by atoms with E-state index in [1.807, 2.05) is 13.8 Å². The molecule has 7 heteroatoms. The Kier molecular flexibility index (Phi) is 10.8. The van der Waals surface area contributed by atoms with E-state index >= 15 is 0 Å². The SMILES string of the molecule is CCCC[C@@H](CO)NC(=O)[C@H](CC(C)C)NC(=O)OCc1ccc(Cl)cc1. The maximum atomic E-state index is 12.6. The van der Waals surface area contributed by atoms with Crippen LogP contribution in [0.2, 0.25) is 5.02 Å². The molecular formula is C20H31ClN2O4. The molecule has 0 saturated heterocycles. The summed E-state index contributed by atoms with van der Waals surface area (Å²) >= 11 is 5.83. The molecule has 0 aromatic heterocycles. The highest BCUT2D eigenvalue weighted by Crippen LogP contribution is 2.11. The highest BCUT2D eigenvalue weighted by molar-refractivity contribution is 6.30. The van der Waals surface area contributed by atoms with E-state index in [9.17, 15) is 14.7 Å². The van der Waals surface area contributed by atoms with Gasteiger partial charge in [0.05, 0.1) is 12.6 Å². The molecule has 152 valence electrons. The number of rotatable bonds is 11. The minimum Gasteiger partial charge on any atom is -0.445 e. The average molecular weight is 399 g/mol. The van der Waals surface area contributed by atoms with E-state index in [1.54, 1.807) is 24.3 Å². The van der Waals surface area contributed by atoms with Crippen LogP contribution in [0.1, 0.15) is 52.0 Å². The van der Waals surface area contributed by atoms with Gasteiger partial charge in [-0.2, -0.15) is 0 Å². The molecule has 0 bridgehead atoms. The third kappa shape index (κ3) is 9.63. The molecule has 0 saturated carbocycles. The second-order valence-electron chi connectivity index (χ2n) is 7.06. The number of hydrogen-bond donors (Lipinski definition) is 3. The lowest BCUT2D eigenvalue weighted by Gasteiger charge is -2.23. The zero-order valence-electron chi connectivity index (χ0n) is 16.3. The lowest BCUT2D eigenvalue weighted by Crippen LogP contribution is -2.51. The molecule has 0 radical (unpaired) electrons. The Hall–Kier alpha value is -1.79. The number of unbranched alkanes of at least 4 members (excludes halogenated alkanes) is 1. The van der Waals surface area contributed by atoms with Crippen molar-refractivity contribution in [3.05, 3.63) is 34.9 Å². The van der Waals surface area contributed by atoms with Gasteiger partial charge < -0.3 is 20.5 Å². The fourth-order valence-corrected chi connectivity index (χ4v) is 2.70. The molecule has 0 aliphatic rings. The Labute approximate surface area is 166 Å². The Balaban J connectivity index is 2.59. The van der Waals surface area contributed by atoms with Crippen LogP contribution in [0.3, 0.4) is 0 Å². The summed E-state index contributed by atoms with van der Waals surface area (Å²) < 4.78 is 5.20. The zero-order chi connectivity index (χ0) is 20.2. The molecule has 0 heterocycles. The molecule has 3 N–H and O–H groups in total. The summed E-state index contributed by atoms with van der Waals surface area (Å²) in [5, 5.41) is 15.5. The zero-order valence-corrected chi connectivity index (χ0v) is 17.1. The lowest BCUT2D eigenvalue weighted by molar-refractivity contribution is -0.124. The quantitative estimate of drug-likeness (QED) is 0.531. The summed E-state index contributed by atoms with van der Waals surface area (Å²) in [5.74, 6) is -0.0946. The van der Waals surface area contributed by atoms with Crippen molar-refractivity contribution in [2.45, 2.75) is 65.1 Å². The minimum absolute atomic E-state index is 0.0920. The standard InChI is InChI=1S/C20H31ClN2O4/c1-4-5-6-17(12-24)22-19(25)18(11-14(2)3)23-20(26)27-13-15-7-9-16(21)10-8-15/h7-10,14,17-18,24H,4-6,11-13H2,1-3H3,(H,22,25)(H,23,26)/t17-,18-/m0/s1. The molecule has 0 aliphatic heterocycles. The van der Waals surface area contributed by atoms with Crippen molar-refractivity contribution >= 4 is 23.6 Å². The minimum atomic E-state index is -0.710. The number of alkyl carbamates (subject to hydrolysis) is 1. The van der Waals surface area contributed by atoms with Crippen molar-refractivity contribution in [1.82, 2.24) is 10.6 Å². The molecular weight excluding hydrogens is 368 g/mol. The van der Waals surface area contributed by atoms with E-state index in [1.165, 1.54) is 0 Å². The van der Waals surface area contributed by atoms with Crippen LogP contribution < -0.4 is 10.6 Å². The fourth-order valence-electron chi connectivity index (χ4n) is 2.58. The molecule has 0 spiro atoms. The molecule has 27 heavy (non-hydrogen) atoms. The van der Waals surface area contributed by atoms with Gasteiger partial charge in [-0.1, -0.05) is 57.3 Å². The Morgan fingerprint density at radius 2 is 1.85 bits per heavy atom. The number of hydrogen-bond acceptors (Lipinski definition) is 4. The number of benzene rings is 1. The summed E-state index contributed by atoms with van der Waals surface area (Å²) in [4.78, 5) is 24.7. The van der Waals surface area contributed by atoms with Crippen molar-refractivity contribution in [1.29, 1.82) is 0 Å². The van der Waals surface area contributed by atoms with Gasteiger partial charge in [0.15, 0.2) is 0 Å². The second-order valence-corrected chi connectivity index (χ2v) is 7.50. The number of carbonyl (C=O) groups excluding carboxylic acids is 2. The molecule has 0 aliphatic carbocycles. The van der Waals surface area contributed by atoms with Gasteiger partial charge in [0.1, 0.15) is 12.6 Å². The molecule has 0 fully saturated rings. The van der Waals surface area contributed by atoms with E-state index < -0.39 is 12.1 Å². The Morgan fingerprint density at radius 3 is 2.41 bits per heavy atom. The number of carbonyl (C=O) groups is 2. The van der Waals surface area contributed by atoms with Crippen LogP contribution >= 0.6 is 11.6 Å². The van der Waals surface area contributed by atoms with E-state index in [4.69, 9.17) is 16.3 Å². The van der Waals surface area contributed by atoms with Gasteiger partial charge >= 0.3 is 6.09 Å². The Bertz CT molecular complexity index is 578. The monoisotopic (exact) mass is 398 g/mol. The predicted molar refractivity (Wildman–Crippen MR) is 107 cm³/mol. The molecule has 1 rings (SSSR count). The summed E-state index contributed by atoms with van der Waals surface area (Å²) in [7, 11) is 0. The van der Waals surface area contributed by atoms with Crippen LogP contribution in [0.5, 0.6) is 0 Å². The smallest absolute Gasteiger partial charge is 0.408 e. The highest BCUT2D eigenvalue weighted by atomic mass is 35.5. The maximum absolute atomic E-state index is 12.6. The molecule has 2 amide bonds. The van der Waals surface area contributed by atoms with E-state index in [2.05, 4.69) is 17.6 Å². The maximum Gasteiger partial charge on any atom is 0.408 e. The second kappa shape index (κ2) is 12.6. The van der Waals surface area contributed by atoms with Gasteiger partial charge in [0, 0.05) is 5.02 Å². The predicted octanol–water partition coefficient (Wildman–Crippen LogP) is 3.65.